The van der Waals surface area contributed by atoms with Crippen LogP contribution in [-0.2, 0) is 4.74 Å². The first-order chi connectivity index (χ1) is 16.5. The van der Waals surface area contributed by atoms with Gasteiger partial charge in [-0.1, -0.05) is 0 Å². The van der Waals surface area contributed by atoms with Gasteiger partial charge in [0.2, 0.25) is 0 Å². The van der Waals surface area contributed by atoms with E-state index >= 15 is 0 Å². The van der Waals surface area contributed by atoms with Gasteiger partial charge < -0.3 is 35.5 Å². The lowest BCUT2D eigenvalue weighted by Crippen LogP contribution is -2.56. The molecule has 0 unspecified atom stereocenters. The van der Waals surface area contributed by atoms with Crippen molar-refractivity contribution in [1.29, 1.82) is 0 Å². The molecule has 2 saturated heterocycles. The maximum absolute atomic E-state index is 15.0. The molecule has 176 valence electrons. The van der Waals surface area contributed by atoms with Gasteiger partial charge in [-0.15, -0.1) is 0 Å². The van der Waals surface area contributed by atoms with Crippen LogP contribution in [0.4, 0.5) is 16.0 Å². The van der Waals surface area contributed by atoms with Crippen LogP contribution in [0, 0.1) is 0 Å². The summed E-state index contributed by atoms with van der Waals surface area (Å²) in [5.41, 5.74) is 13.0. The van der Waals surface area contributed by atoms with Crippen LogP contribution in [0.25, 0.3) is 21.9 Å². The summed E-state index contributed by atoms with van der Waals surface area (Å²) in [5.74, 6) is 1.72. The van der Waals surface area contributed by atoms with Crippen molar-refractivity contribution >= 4 is 33.6 Å². The second-order valence-corrected chi connectivity index (χ2v) is 8.72. The Morgan fingerprint density at radius 2 is 2.00 bits per heavy atom. The molecule has 4 atom stereocenters. The predicted molar refractivity (Wildman–Crippen MR) is 124 cm³/mol. The third kappa shape index (κ3) is 3.49. The molecule has 5 heterocycles. The Bertz CT molecular complexity index is 1360. The molecule has 1 aromatic carbocycles. The number of nitrogens with zero attached hydrogens (tertiary/aromatic N) is 5. The quantitative estimate of drug-likeness (QED) is 0.399. The Morgan fingerprint density at radius 1 is 1.18 bits per heavy atom. The number of aliphatic hydroxyl groups excluding tert-OH is 1. The molecule has 5 N–H and O–H groups in total. The first-order valence-corrected chi connectivity index (χ1v) is 11.1. The van der Waals surface area contributed by atoms with E-state index < -0.39 is 24.6 Å². The Balaban J connectivity index is 1.17. The molecule has 0 aliphatic carbocycles. The van der Waals surface area contributed by atoms with E-state index in [2.05, 4.69) is 14.9 Å². The maximum atomic E-state index is 15.0. The third-order valence-corrected chi connectivity index (χ3v) is 6.40. The van der Waals surface area contributed by atoms with Crippen molar-refractivity contribution in [3.05, 3.63) is 48.9 Å². The fourth-order valence-electron chi connectivity index (χ4n) is 4.49. The van der Waals surface area contributed by atoms with Crippen molar-refractivity contribution in [1.82, 2.24) is 19.5 Å². The van der Waals surface area contributed by atoms with Crippen LogP contribution in [0.1, 0.15) is 6.23 Å². The average Bonchev–Trinajstić information content (AvgIpc) is 3.37. The van der Waals surface area contributed by atoms with E-state index in [0.717, 1.165) is 29.8 Å². The van der Waals surface area contributed by atoms with Crippen molar-refractivity contribution in [2.75, 3.05) is 30.3 Å². The SMILES string of the molecule is Nc1ncnc2c1ccn2[C@@H]1O[C@H](COc2ccc3ccc(N4CC(N)C4)nc3c2)[C@@H](O)[C@@H]1F. The number of nitrogens with two attached hydrogens (primary N) is 2. The summed E-state index contributed by atoms with van der Waals surface area (Å²) in [4.78, 5) is 14.9. The summed E-state index contributed by atoms with van der Waals surface area (Å²) in [6, 6.07) is 11.4. The van der Waals surface area contributed by atoms with E-state index in [4.69, 9.17) is 25.9 Å². The fourth-order valence-corrected chi connectivity index (χ4v) is 4.49. The van der Waals surface area contributed by atoms with Crippen LogP contribution in [-0.4, -0.2) is 68.7 Å². The van der Waals surface area contributed by atoms with Crippen LogP contribution in [0.2, 0.25) is 0 Å². The van der Waals surface area contributed by atoms with Crippen LogP contribution >= 0.6 is 0 Å². The van der Waals surface area contributed by atoms with Crippen molar-refractivity contribution < 1.29 is 19.0 Å². The lowest BCUT2D eigenvalue weighted by molar-refractivity contribution is -0.0410. The van der Waals surface area contributed by atoms with Crippen molar-refractivity contribution in [2.24, 2.45) is 5.73 Å². The van der Waals surface area contributed by atoms with E-state index in [1.807, 2.05) is 30.3 Å². The van der Waals surface area contributed by atoms with Gasteiger partial charge >= 0.3 is 0 Å². The minimum Gasteiger partial charge on any atom is -0.491 e. The number of hydrogen-bond donors (Lipinski definition) is 3. The molecular weight excluding hydrogens is 441 g/mol. The number of aliphatic hydroxyl groups is 1. The lowest BCUT2D eigenvalue weighted by atomic mass is 10.1. The molecule has 11 heteroatoms. The zero-order chi connectivity index (χ0) is 23.4. The topological polar surface area (TPSA) is 138 Å². The average molecular weight is 465 g/mol. The highest BCUT2D eigenvalue weighted by Crippen LogP contribution is 2.35. The summed E-state index contributed by atoms with van der Waals surface area (Å²) >= 11 is 0. The molecule has 6 rings (SSSR count). The van der Waals surface area contributed by atoms with E-state index in [0.29, 0.717) is 22.6 Å². The fraction of sp³-hybridized carbons (Fsp3) is 0.348. The monoisotopic (exact) mass is 465 g/mol. The highest BCUT2D eigenvalue weighted by atomic mass is 19.1. The number of anilines is 2. The van der Waals surface area contributed by atoms with Gasteiger partial charge in [0.05, 0.1) is 10.9 Å². The molecule has 2 aliphatic heterocycles. The van der Waals surface area contributed by atoms with Gasteiger partial charge in [-0.3, -0.25) is 0 Å². The summed E-state index contributed by atoms with van der Waals surface area (Å²) < 4.78 is 28.2. The molecule has 10 nitrogen and oxygen atoms in total. The molecule has 4 aromatic rings. The first-order valence-electron chi connectivity index (χ1n) is 11.1. The van der Waals surface area contributed by atoms with E-state index in [9.17, 15) is 9.50 Å². The molecule has 0 amide bonds. The standard InChI is InChI=1S/C23H24FN7O3/c24-19-20(32)17(34-23(19)31-6-5-15-21(26)27-11-28-22(15)31)10-33-14-3-1-12-2-4-18(29-16(12)7-14)30-8-13(25)9-30/h1-7,11,13,17,19-20,23,32H,8-10,25H2,(H2,26,27,28)/t17-,19+,20-,23-/m1/s1. The molecule has 2 aliphatic rings. The summed E-state index contributed by atoms with van der Waals surface area (Å²) in [5, 5.41) is 12.0. The number of hydrogen-bond acceptors (Lipinski definition) is 9. The van der Waals surface area contributed by atoms with E-state index in [1.54, 1.807) is 12.3 Å². The van der Waals surface area contributed by atoms with Crippen LogP contribution in [0.5, 0.6) is 5.75 Å². The Labute approximate surface area is 193 Å². The lowest BCUT2D eigenvalue weighted by Gasteiger charge is -2.37. The molecular formula is C23H24FN7O3. The number of benzene rings is 1. The van der Waals surface area contributed by atoms with E-state index in [1.165, 1.54) is 10.9 Å². The molecule has 0 radical (unpaired) electrons. The molecule has 0 bridgehead atoms. The summed E-state index contributed by atoms with van der Waals surface area (Å²) in [7, 11) is 0. The first kappa shape index (κ1) is 21.0. The molecule has 0 saturated carbocycles. The normalized spacial score (nSPS) is 25.2. The number of fused-ring (bicyclic) bond motifs is 2. The molecule has 2 fully saturated rings. The number of halogens is 1. The largest absolute Gasteiger partial charge is 0.491 e. The highest BCUT2D eigenvalue weighted by molar-refractivity contribution is 5.86. The Hall–Kier alpha value is -3.54. The van der Waals surface area contributed by atoms with Crippen molar-refractivity contribution in [3.8, 4) is 5.75 Å². The minimum atomic E-state index is -1.66. The van der Waals surface area contributed by atoms with E-state index in [-0.39, 0.29) is 12.6 Å². The minimum absolute atomic E-state index is 0.0272. The van der Waals surface area contributed by atoms with Crippen LogP contribution in [0.3, 0.4) is 0 Å². The van der Waals surface area contributed by atoms with Crippen LogP contribution < -0.4 is 21.1 Å². The van der Waals surface area contributed by atoms with Gasteiger partial charge in [-0.05, 0) is 30.3 Å². The zero-order valence-electron chi connectivity index (χ0n) is 18.2. The second kappa shape index (κ2) is 8.05. The second-order valence-electron chi connectivity index (χ2n) is 8.72. The Morgan fingerprint density at radius 3 is 2.82 bits per heavy atom. The molecule has 34 heavy (non-hydrogen) atoms. The number of alkyl halides is 1. The van der Waals surface area contributed by atoms with Gasteiger partial charge in [0, 0.05) is 36.8 Å². The Kier molecular flexibility index (Phi) is 4.97. The van der Waals surface area contributed by atoms with Gasteiger partial charge in [0.15, 0.2) is 12.4 Å². The summed E-state index contributed by atoms with van der Waals surface area (Å²) in [6.45, 7) is 1.54. The number of aromatic nitrogens is 4. The van der Waals surface area contributed by atoms with Gasteiger partial charge in [-0.25, -0.2) is 19.3 Å². The molecule has 3 aromatic heterocycles. The number of nitrogen functional groups attached to an aromatic ring is 1. The maximum Gasteiger partial charge on any atom is 0.173 e. The number of rotatable bonds is 5. The summed E-state index contributed by atoms with van der Waals surface area (Å²) in [6.07, 6.45) is -2.01. The van der Waals surface area contributed by atoms with Gasteiger partial charge in [-0.2, -0.15) is 0 Å². The zero-order valence-corrected chi connectivity index (χ0v) is 18.2. The predicted octanol–water partition coefficient (Wildman–Crippen LogP) is 1.38. The molecule has 0 spiro atoms. The third-order valence-electron chi connectivity index (χ3n) is 6.40. The smallest absolute Gasteiger partial charge is 0.173 e. The number of pyridine rings is 1. The van der Waals surface area contributed by atoms with Gasteiger partial charge in [0.1, 0.15) is 48.2 Å². The van der Waals surface area contributed by atoms with Crippen molar-refractivity contribution in [2.45, 2.75) is 30.6 Å². The van der Waals surface area contributed by atoms with Crippen molar-refractivity contribution in [3.63, 3.8) is 0 Å². The van der Waals surface area contributed by atoms with Gasteiger partial charge in [0.25, 0.3) is 0 Å². The highest BCUT2D eigenvalue weighted by Gasteiger charge is 2.46. The number of ether oxygens (including phenoxy) is 2. The van der Waals surface area contributed by atoms with Crippen LogP contribution in [0.15, 0.2) is 48.9 Å².